The minimum Gasteiger partial charge on any atom is -0.480 e. The van der Waals surface area contributed by atoms with Gasteiger partial charge in [0.15, 0.2) is 5.82 Å². The normalized spacial score (nSPS) is 13.9. The van der Waals surface area contributed by atoms with Gasteiger partial charge in [-0.3, -0.25) is 14.9 Å². The van der Waals surface area contributed by atoms with Gasteiger partial charge in [0.25, 0.3) is 0 Å². The number of carboxylic acids is 1. The number of hydrogen-bond donors (Lipinski definition) is 4. The fourth-order valence-electron chi connectivity index (χ4n) is 1.88. The van der Waals surface area contributed by atoms with Crippen molar-refractivity contribution in [1.29, 1.82) is 0 Å². The smallest absolute Gasteiger partial charge is 0.320 e. The maximum atomic E-state index is 12.2. The summed E-state index contributed by atoms with van der Waals surface area (Å²) in [5.74, 6) is -0.605. The van der Waals surface area contributed by atoms with E-state index in [1.165, 1.54) is 0 Å². The second kappa shape index (κ2) is 8.30. The number of carboxylic acid groups (broad SMARTS) is 1. The molecule has 118 valence electrons. The number of nitrogens with one attached hydrogen (secondary N) is 3. The lowest BCUT2D eigenvalue weighted by atomic mass is 10.0. The zero-order valence-electron chi connectivity index (χ0n) is 12.5. The molecule has 1 rings (SSSR count). The van der Waals surface area contributed by atoms with Gasteiger partial charge in [-0.05, 0) is 18.8 Å². The van der Waals surface area contributed by atoms with E-state index >= 15 is 0 Å². The number of aliphatic carboxylic acids is 1. The summed E-state index contributed by atoms with van der Waals surface area (Å²) < 4.78 is 0. The van der Waals surface area contributed by atoms with Gasteiger partial charge in [0, 0.05) is 0 Å². The fraction of sp³-hybridized carbons (Fsp3) is 0.750. The molecule has 0 bridgehead atoms. The molecular weight excluding hydrogens is 276 g/mol. The summed E-state index contributed by atoms with van der Waals surface area (Å²) >= 11 is 0. The summed E-state index contributed by atoms with van der Waals surface area (Å²) in [6, 6.07) is -1.32. The maximum absolute atomic E-state index is 12.2. The quantitative estimate of drug-likeness (QED) is 0.491. The molecule has 0 saturated heterocycles. The first-order valence-electron chi connectivity index (χ1n) is 6.92. The maximum Gasteiger partial charge on any atom is 0.320 e. The van der Waals surface area contributed by atoms with E-state index in [9.17, 15) is 9.59 Å². The van der Waals surface area contributed by atoms with Crippen molar-refractivity contribution in [2.24, 2.45) is 5.92 Å². The van der Waals surface area contributed by atoms with Crippen LogP contribution >= 0.6 is 0 Å². The molecule has 0 aromatic carbocycles. The summed E-state index contributed by atoms with van der Waals surface area (Å²) in [4.78, 5) is 23.3. The topological polar surface area (TPSA) is 133 Å². The van der Waals surface area contributed by atoms with Crippen molar-refractivity contribution in [2.45, 2.75) is 52.2 Å². The lowest BCUT2D eigenvalue weighted by molar-refractivity contribution is -0.140. The Hall–Kier alpha value is -2.03. The largest absolute Gasteiger partial charge is 0.480 e. The van der Waals surface area contributed by atoms with Crippen LogP contribution in [0.2, 0.25) is 0 Å². The first-order chi connectivity index (χ1) is 9.93. The zero-order valence-corrected chi connectivity index (χ0v) is 12.5. The number of H-pyrrole nitrogens is 1. The van der Waals surface area contributed by atoms with Gasteiger partial charge in [-0.15, -0.1) is 10.2 Å². The third kappa shape index (κ3) is 5.86. The Morgan fingerprint density at radius 1 is 1.33 bits per heavy atom. The second-order valence-electron chi connectivity index (χ2n) is 5.19. The highest BCUT2D eigenvalue weighted by molar-refractivity contribution is 5.83. The highest BCUT2D eigenvalue weighted by Crippen LogP contribution is 2.07. The molecule has 9 nitrogen and oxygen atoms in total. The molecule has 1 amide bonds. The van der Waals surface area contributed by atoms with E-state index in [1.54, 1.807) is 6.92 Å². The number of nitrogens with zero attached hydrogens (tertiary/aromatic N) is 3. The molecule has 0 unspecified atom stereocenters. The van der Waals surface area contributed by atoms with Gasteiger partial charge < -0.3 is 10.4 Å². The summed E-state index contributed by atoms with van der Waals surface area (Å²) in [7, 11) is 0. The molecule has 0 fully saturated rings. The third-order valence-corrected chi connectivity index (χ3v) is 2.94. The predicted octanol–water partition coefficient (Wildman–Crippen LogP) is -0.317. The molecule has 1 aromatic heterocycles. The van der Waals surface area contributed by atoms with Crippen LogP contribution in [0.5, 0.6) is 0 Å². The van der Waals surface area contributed by atoms with Crippen molar-refractivity contribution >= 4 is 11.9 Å². The molecule has 1 heterocycles. The molecule has 9 heteroatoms. The van der Waals surface area contributed by atoms with Gasteiger partial charge >= 0.3 is 5.97 Å². The zero-order chi connectivity index (χ0) is 15.8. The number of rotatable bonds is 9. The first-order valence-corrected chi connectivity index (χ1v) is 6.92. The summed E-state index contributed by atoms with van der Waals surface area (Å²) in [5, 5.41) is 27.8. The van der Waals surface area contributed by atoms with Gasteiger partial charge in [-0.2, -0.15) is 5.21 Å². The standard InChI is InChI=1S/C12H22N6O3/c1-4-8(12(20)21)14-9(5-7(2)3)11(19)13-6-10-15-17-18-16-10/h7-9,14H,4-6H2,1-3H3,(H,13,19)(H,20,21)(H,15,16,17,18)/t8-,9+/m1/s1. The lowest BCUT2D eigenvalue weighted by Gasteiger charge is -2.23. The Morgan fingerprint density at radius 3 is 2.52 bits per heavy atom. The minimum atomic E-state index is -0.961. The Labute approximate surface area is 122 Å². The van der Waals surface area contributed by atoms with Crippen LogP contribution in [0.25, 0.3) is 0 Å². The molecule has 0 saturated carbocycles. The highest BCUT2D eigenvalue weighted by Gasteiger charge is 2.25. The van der Waals surface area contributed by atoms with E-state index in [4.69, 9.17) is 5.11 Å². The van der Waals surface area contributed by atoms with E-state index in [0.29, 0.717) is 18.7 Å². The van der Waals surface area contributed by atoms with Crippen LogP contribution in [-0.2, 0) is 16.1 Å². The van der Waals surface area contributed by atoms with Crippen molar-refractivity contribution in [3.8, 4) is 0 Å². The SMILES string of the molecule is CC[C@@H](N[C@@H](CC(C)C)C(=O)NCc1nn[nH]n1)C(=O)O. The molecule has 2 atom stereocenters. The molecular formula is C12H22N6O3. The number of hydrogen-bond acceptors (Lipinski definition) is 6. The monoisotopic (exact) mass is 298 g/mol. The molecule has 0 aliphatic carbocycles. The molecule has 0 radical (unpaired) electrons. The first kappa shape index (κ1) is 17.0. The molecule has 0 aliphatic rings. The summed E-state index contributed by atoms with van der Waals surface area (Å²) in [6.07, 6.45) is 0.948. The van der Waals surface area contributed by atoms with Gasteiger partial charge in [0.1, 0.15) is 6.04 Å². The molecule has 1 aromatic rings. The molecule has 4 N–H and O–H groups in total. The Balaban J connectivity index is 2.62. The van der Waals surface area contributed by atoms with E-state index < -0.39 is 18.1 Å². The predicted molar refractivity (Wildman–Crippen MR) is 74.1 cm³/mol. The van der Waals surface area contributed by atoms with Crippen LogP contribution in [0.1, 0.15) is 39.4 Å². The number of tetrazole rings is 1. The van der Waals surface area contributed by atoms with Crippen LogP contribution in [0.4, 0.5) is 0 Å². The van der Waals surface area contributed by atoms with Gasteiger partial charge in [-0.25, -0.2) is 0 Å². The summed E-state index contributed by atoms with van der Waals surface area (Å²) in [6.45, 7) is 5.86. The minimum absolute atomic E-state index is 0.148. The van der Waals surface area contributed by atoms with Crippen molar-refractivity contribution in [2.75, 3.05) is 0 Å². The van der Waals surface area contributed by atoms with Crippen LogP contribution in [-0.4, -0.2) is 49.7 Å². The van der Waals surface area contributed by atoms with Crippen LogP contribution in [0.15, 0.2) is 0 Å². The third-order valence-electron chi connectivity index (χ3n) is 2.94. The number of carbonyl (C=O) groups excluding carboxylic acids is 1. The molecule has 21 heavy (non-hydrogen) atoms. The van der Waals surface area contributed by atoms with Gasteiger partial charge in [0.2, 0.25) is 5.91 Å². The van der Waals surface area contributed by atoms with E-state index in [-0.39, 0.29) is 18.4 Å². The van der Waals surface area contributed by atoms with Crippen molar-refractivity contribution in [3.63, 3.8) is 0 Å². The second-order valence-corrected chi connectivity index (χ2v) is 5.19. The number of aromatic amines is 1. The molecule has 0 spiro atoms. The number of carbonyl (C=O) groups is 2. The van der Waals surface area contributed by atoms with Gasteiger partial charge in [-0.1, -0.05) is 26.0 Å². The average molecular weight is 298 g/mol. The number of amides is 1. The van der Waals surface area contributed by atoms with Crippen LogP contribution in [0, 0.1) is 5.92 Å². The van der Waals surface area contributed by atoms with Crippen LogP contribution < -0.4 is 10.6 Å². The van der Waals surface area contributed by atoms with Crippen molar-refractivity contribution < 1.29 is 14.7 Å². The Kier molecular flexibility index (Phi) is 6.73. The van der Waals surface area contributed by atoms with E-state index in [1.807, 2.05) is 13.8 Å². The van der Waals surface area contributed by atoms with Crippen molar-refractivity contribution in [3.05, 3.63) is 5.82 Å². The van der Waals surface area contributed by atoms with E-state index in [0.717, 1.165) is 0 Å². The van der Waals surface area contributed by atoms with E-state index in [2.05, 4.69) is 31.3 Å². The number of aromatic nitrogens is 4. The van der Waals surface area contributed by atoms with Crippen molar-refractivity contribution in [1.82, 2.24) is 31.3 Å². The Bertz CT molecular complexity index is 448. The molecule has 0 aliphatic heterocycles. The average Bonchev–Trinajstić information content (AvgIpc) is 2.93. The van der Waals surface area contributed by atoms with Gasteiger partial charge in [0.05, 0.1) is 12.6 Å². The Morgan fingerprint density at radius 2 is 2.05 bits per heavy atom. The fourth-order valence-corrected chi connectivity index (χ4v) is 1.88. The summed E-state index contributed by atoms with van der Waals surface area (Å²) in [5.41, 5.74) is 0. The highest BCUT2D eigenvalue weighted by atomic mass is 16.4. The lowest BCUT2D eigenvalue weighted by Crippen LogP contribution is -2.51. The van der Waals surface area contributed by atoms with Crippen LogP contribution in [0.3, 0.4) is 0 Å².